The molecule has 0 aliphatic rings. The lowest BCUT2D eigenvalue weighted by Gasteiger charge is -2.15. The van der Waals surface area contributed by atoms with E-state index in [9.17, 15) is 9.50 Å². The van der Waals surface area contributed by atoms with Crippen LogP contribution < -0.4 is 14.8 Å². The van der Waals surface area contributed by atoms with Crippen molar-refractivity contribution in [2.75, 3.05) is 13.7 Å². The van der Waals surface area contributed by atoms with Crippen molar-refractivity contribution < 1.29 is 19.0 Å². The second-order valence-corrected chi connectivity index (χ2v) is 6.94. The fourth-order valence-corrected chi connectivity index (χ4v) is 3.13. The topological polar surface area (TPSA) is 50.7 Å². The summed E-state index contributed by atoms with van der Waals surface area (Å²) in [6.07, 6.45) is -0.578. The van der Waals surface area contributed by atoms with Gasteiger partial charge in [-0.2, -0.15) is 0 Å². The van der Waals surface area contributed by atoms with Crippen molar-refractivity contribution in [3.63, 3.8) is 0 Å². The van der Waals surface area contributed by atoms with Crippen LogP contribution in [0.2, 0.25) is 5.02 Å². The highest BCUT2D eigenvalue weighted by Gasteiger charge is 2.11. The van der Waals surface area contributed by atoms with Gasteiger partial charge in [-0.25, -0.2) is 4.39 Å². The van der Waals surface area contributed by atoms with E-state index < -0.39 is 11.9 Å². The number of halogens is 2. The molecule has 6 heteroatoms. The number of aliphatic hydroxyl groups is 1. The van der Waals surface area contributed by atoms with E-state index in [1.807, 2.05) is 42.5 Å². The molecule has 152 valence electrons. The number of hydrogen-bond acceptors (Lipinski definition) is 4. The van der Waals surface area contributed by atoms with Gasteiger partial charge in [0.05, 0.1) is 18.2 Å². The van der Waals surface area contributed by atoms with E-state index in [1.54, 1.807) is 25.3 Å². The summed E-state index contributed by atoms with van der Waals surface area (Å²) in [4.78, 5) is 0. The average Bonchev–Trinajstić information content (AvgIpc) is 2.74. The Morgan fingerprint density at radius 1 is 1.03 bits per heavy atom. The van der Waals surface area contributed by atoms with Gasteiger partial charge in [0.2, 0.25) is 0 Å². The van der Waals surface area contributed by atoms with Crippen molar-refractivity contribution in [1.29, 1.82) is 0 Å². The van der Waals surface area contributed by atoms with Crippen LogP contribution in [0.15, 0.2) is 66.7 Å². The summed E-state index contributed by atoms with van der Waals surface area (Å²) in [5.41, 5.74) is 2.14. The van der Waals surface area contributed by atoms with Gasteiger partial charge in [-0.15, -0.1) is 0 Å². The van der Waals surface area contributed by atoms with E-state index in [0.29, 0.717) is 35.2 Å². The number of aliphatic hydroxyl groups excluding tert-OH is 1. The number of rotatable bonds is 9. The predicted octanol–water partition coefficient (Wildman–Crippen LogP) is 4.89. The quantitative estimate of drug-likeness (QED) is 0.522. The van der Waals surface area contributed by atoms with Crippen LogP contribution in [0.3, 0.4) is 0 Å². The summed E-state index contributed by atoms with van der Waals surface area (Å²) in [5.74, 6) is 0.634. The number of benzene rings is 3. The van der Waals surface area contributed by atoms with Crippen molar-refractivity contribution in [3.8, 4) is 11.5 Å². The third-order valence-corrected chi connectivity index (χ3v) is 4.87. The minimum absolute atomic E-state index is 0.00271. The molecule has 4 nitrogen and oxygen atoms in total. The van der Waals surface area contributed by atoms with Gasteiger partial charge < -0.3 is 19.9 Å². The Hall–Kier alpha value is -2.60. The molecule has 0 fully saturated rings. The minimum Gasteiger partial charge on any atom is -0.493 e. The Balaban J connectivity index is 1.58. The lowest BCUT2D eigenvalue weighted by atomic mass is 10.1. The van der Waals surface area contributed by atoms with Gasteiger partial charge in [-0.3, -0.25) is 0 Å². The van der Waals surface area contributed by atoms with Gasteiger partial charge in [0.15, 0.2) is 11.5 Å². The molecule has 0 spiro atoms. The monoisotopic (exact) mass is 415 g/mol. The lowest BCUT2D eigenvalue weighted by Crippen LogP contribution is -2.21. The van der Waals surface area contributed by atoms with Gasteiger partial charge in [0.1, 0.15) is 12.4 Å². The second kappa shape index (κ2) is 10.3. The molecule has 3 aromatic rings. The van der Waals surface area contributed by atoms with Gasteiger partial charge in [-0.05, 0) is 35.4 Å². The Labute approximate surface area is 174 Å². The molecule has 3 rings (SSSR count). The molecular formula is C23H23ClFNO3. The normalized spacial score (nSPS) is 11.9. The Morgan fingerprint density at radius 3 is 2.55 bits per heavy atom. The zero-order valence-electron chi connectivity index (χ0n) is 16.1. The lowest BCUT2D eigenvalue weighted by molar-refractivity contribution is 0.174. The average molecular weight is 416 g/mol. The highest BCUT2D eigenvalue weighted by Crippen LogP contribution is 2.30. The summed E-state index contributed by atoms with van der Waals surface area (Å²) >= 11 is 6.04. The first kappa shape index (κ1) is 21.1. The molecule has 0 unspecified atom stereocenters. The van der Waals surface area contributed by atoms with Crippen molar-refractivity contribution >= 4 is 11.6 Å². The van der Waals surface area contributed by atoms with Gasteiger partial charge in [-0.1, -0.05) is 54.1 Å². The standard InChI is InChI=1S/C23H23ClFNO3/c1-28-23-12-16(13-26-14-21(27)17-6-3-2-4-7-17)10-11-22(23)29-15-18-19(24)8-5-9-20(18)25/h2-12,21,26-27H,13-15H2,1H3/t21-/m0/s1. The van der Waals surface area contributed by atoms with E-state index >= 15 is 0 Å². The van der Waals surface area contributed by atoms with Crippen LogP contribution in [-0.4, -0.2) is 18.8 Å². The van der Waals surface area contributed by atoms with Crippen molar-refractivity contribution in [3.05, 3.63) is 94.3 Å². The predicted molar refractivity (Wildman–Crippen MR) is 112 cm³/mol. The SMILES string of the molecule is COc1cc(CNC[C@H](O)c2ccccc2)ccc1OCc1c(F)cccc1Cl. The first-order chi connectivity index (χ1) is 14.1. The fourth-order valence-electron chi connectivity index (χ4n) is 2.91. The van der Waals surface area contributed by atoms with Crippen LogP contribution in [0.25, 0.3) is 0 Å². The Kier molecular flexibility index (Phi) is 7.47. The smallest absolute Gasteiger partial charge is 0.161 e. The van der Waals surface area contributed by atoms with Crippen molar-refractivity contribution in [2.24, 2.45) is 0 Å². The molecule has 0 heterocycles. The Morgan fingerprint density at radius 2 is 1.83 bits per heavy atom. The van der Waals surface area contributed by atoms with E-state index in [2.05, 4.69) is 5.32 Å². The maximum atomic E-state index is 13.9. The van der Waals surface area contributed by atoms with Crippen LogP contribution in [0, 0.1) is 5.82 Å². The first-order valence-corrected chi connectivity index (χ1v) is 9.62. The second-order valence-electron chi connectivity index (χ2n) is 6.53. The minimum atomic E-state index is -0.578. The molecule has 0 aliphatic heterocycles. The molecule has 0 aromatic heterocycles. The van der Waals surface area contributed by atoms with Crippen molar-refractivity contribution in [1.82, 2.24) is 5.32 Å². The summed E-state index contributed by atoms with van der Waals surface area (Å²) in [6, 6.07) is 19.5. The highest BCUT2D eigenvalue weighted by atomic mass is 35.5. The van der Waals surface area contributed by atoms with Crippen LogP contribution in [0.5, 0.6) is 11.5 Å². The zero-order valence-corrected chi connectivity index (χ0v) is 16.8. The van der Waals surface area contributed by atoms with Crippen LogP contribution in [0.4, 0.5) is 4.39 Å². The van der Waals surface area contributed by atoms with Gasteiger partial charge in [0.25, 0.3) is 0 Å². The summed E-state index contributed by atoms with van der Waals surface area (Å²) in [7, 11) is 1.55. The molecule has 2 N–H and O–H groups in total. The van der Waals surface area contributed by atoms with Crippen molar-refractivity contribution in [2.45, 2.75) is 19.3 Å². The molecule has 0 radical (unpaired) electrons. The molecule has 0 saturated carbocycles. The molecule has 0 amide bonds. The number of methoxy groups -OCH3 is 1. The number of hydrogen-bond donors (Lipinski definition) is 2. The van der Waals surface area contributed by atoms with E-state index in [4.69, 9.17) is 21.1 Å². The highest BCUT2D eigenvalue weighted by molar-refractivity contribution is 6.31. The molecule has 29 heavy (non-hydrogen) atoms. The molecule has 0 bridgehead atoms. The maximum absolute atomic E-state index is 13.9. The summed E-state index contributed by atoms with van der Waals surface area (Å²) in [5, 5.41) is 13.8. The summed E-state index contributed by atoms with van der Waals surface area (Å²) in [6.45, 7) is 0.985. The fraction of sp³-hybridized carbons (Fsp3) is 0.217. The first-order valence-electron chi connectivity index (χ1n) is 9.25. The third-order valence-electron chi connectivity index (χ3n) is 4.51. The maximum Gasteiger partial charge on any atom is 0.161 e. The Bertz CT molecular complexity index is 916. The van der Waals surface area contributed by atoms with Crippen LogP contribution >= 0.6 is 11.6 Å². The number of ether oxygens (including phenoxy) is 2. The molecular weight excluding hydrogens is 393 g/mol. The molecule has 0 saturated heterocycles. The van der Waals surface area contributed by atoms with E-state index in [0.717, 1.165) is 11.1 Å². The number of nitrogens with one attached hydrogen (secondary N) is 1. The van der Waals surface area contributed by atoms with Gasteiger partial charge in [0, 0.05) is 18.7 Å². The van der Waals surface area contributed by atoms with Crippen LogP contribution in [0.1, 0.15) is 22.8 Å². The van der Waals surface area contributed by atoms with E-state index in [-0.39, 0.29) is 6.61 Å². The zero-order chi connectivity index (χ0) is 20.6. The van der Waals surface area contributed by atoms with Crippen LogP contribution in [-0.2, 0) is 13.2 Å². The molecule has 1 atom stereocenters. The largest absolute Gasteiger partial charge is 0.493 e. The molecule has 0 aliphatic carbocycles. The molecule has 3 aromatic carbocycles. The van der Waals surface area contributed by atoms with E-state index in [1.165, 1.54) is 6.07 Å². The van der Waals surface area contributed by atoms with Gasteiger partial charge >= 0.3 is 0 Å². The third kappa shape index (κ3) is 5.70. The summed E-state index contributed by atoms with van der Waals surface area (Å²) < 4.78 is 25.0.